The molecule has 0 fully saturated rings. The van der Waals surface area contributed by atoms with E-state index in [4.69, 9.17) is 18.9 Å². The summed E-state index contributed by atoms with van der Waals surface area (Å²) in [6.07, 6.45) is 3.29. The van der Waals surface area contributed by atoms with E-state index in [-0.39, 0.29) is 11.1 Å². The van der Waals surface area contributed by atoms with Crippen molar-refractivity contribution in [3.63, 3.8) is 0 Å². The van der Waals surface area contributed by atoms with Gasteiger partial charge >= 0.3 is 5.97 Å². The molecule has 2 heterocycles. The van der Waals surface area contributed by atoms with E-state index in [1.165, 1.54) is 29.2 Å². The van der Waals surface area contributed by atoms with Crippen molar-refractivity contribution in [3.05, 3.63) is 133 Å². The minimum atomic E-state index is -0.774. The van der Waals surface area contributed by atoms with Crippen molar-refractivity contribution >= 4 is 34.2 Å². The summed E-state index contributed by atoms with van der Waals surface area (Å²) < 4.78 is 25.0. The van der Waals surface area contributed by atoms with Crippen molar-refractivity contribution in [2.75, 3.05) is 20.3 Å². The lowest BCUT2D eigenvalue weighted by molar-refractivity contribution is -0.136. The Bertz CT molecular complexity index is 2090. The largest absolute Gasteiger partial charge is 0.490 e. The number of para-hydroxylation sites is 1. The summed E-state index contributed by atoms with van der Waals surface area (Å²) in [6.45, 7) is 5.04. The van der Waals surface area contributed by atoms with E-state index in [1.54, 1.807) is 12.1 Å². The topological polar surface area (TPSA) is 88.4 Å². The number of fused-ring (bicyclic) bond motifs is 2. The van der Waals surface area contributed by atoms with Crippen LogP contribution in [0.4, 0.5) is 0 Å². The third-order valence-electron chi connectivity index (χ3n) is 7.48. The van der Waals surface area contributed by atoms with Gasteiger partial charge in [-0.3, -0.25) is 9.36 Å². The molecule has 0 bridgehead atoms. The van der Waals surface area contributed by atoms with Crippen molar-refractivity contribution in [2.45, 2.75) is 26.5 Å². The van der Waals surface area contributed by atoms with E-state index in [2.05, 4.69) is 29.3 Å². The predicted octanol–water partition coefficient (Wildman–Crippen LogP) is 5.55. The van der Waals surface area contributed by atoms with Gasteiger partial charge in [0.25, 0.3) is 5.56 Å². The Balaban J connectivity index is 1.40. The smallest absolute Gasteiger partial charge is 0.337 e. The number of methoxy groups -OCH3 is 1. The van der Waals surface area contributed by atoms with Gasteiger partial charge in [0.1, 0.15) is 12.4 Å². The second kappa shape index (κ2) is 13.2. The summed E-state index contributed by atoms with van der Waals surface area (Å²) >= 11 is 1.25. The van der Waals surface area contributed by atoms with E-state index in [9.17, 15) is 9.59 Å². The Morgan fingerprint density at radius 3 is 2.47 bits per heavy atom. The number of nitrogens with zero attached hydrogens (tertiary/aromatic N) is 2. The van der Waals surface area contributed by atoms with E-state index in [0.29, 0.717) is 52.0 Å². The van der Waals surface area contributed by atoms with Crippen LogP contribution in [0.25, 0.3) is 16.8 Å². The third kappa shape index (κ3) is 5.99. The highest BCUT2D eigenvalue weighted by molar-refractivity contribution is 7.07. The molecule has 6 rings (SSSR count). The fourth-order valence-electron chi connectivity index (χ4n) is 5.43. The van der Waals surface area contributed by atoms with Crippen LogP contribution in [0.3, 0.4) is 0 Å². The highest BCUT2D eigenvalue weighted by Gasteiger charge is 2.31. The average Bonchev–Trinajstić information content (AvgIpc) is 3.39. The highest BCUT2D eigenvalue weighted by Crippen LogP contribution is 2.35. The lowest BCUT2D eigenvalue weighted by Gasteiger charge is -2.23. The molecule has 1 atom stereocenters. The number of benzene rings is 4. The number of thiazole rings is 1. The number of ether oxygens (including phenoxy) is 4. The standard InChI is InChI=1S/C36H32N2O6S/c1-4-42-30-18-17-25(19-31(30)43-5-2)33-28(35(40)41-3)21-37-36-38(33)34(39)32(45-36)20-24-12-7-9-16-29(24)44-22-26-14-10-13-23-11-6-8-15-27(23)26/h6-21,33H,4-5,22H2,1-3H3/b32-20+/t33-/m1/s1. The quantitative estimate of drug-likeness (QED) is 0.190. The zero-order valence-corrected chi connectivity index (χ0v) is 26.0. The van der Waals surface area contributed by atoms with Gasteiger partial charge in [0.2, 0.25) is 0 Å². The Morgan fingerprint density at radius 2 is 1.64 bits per heavy atom. The summed E-state index contributed by atoms with van der Waals surface area (Å²) in [4.78, 5) is 32.0. The molecule has 0 aliphatic carbocycles. The second-order valence-electron chi connectivity index (χ2n) is 10.2. The van der Waals surface area contributed by atoms with E-state index < -0.39 is 12.0 Å². The number of carbonyl (C=O) groups excluding carboxylic acids is 1. The molecule has 8 nitrogen and oxygen atoms in total. The number of esters is 1. The average molecular weight is 621 g/mol. The Kier molecular flexibility index (Phi) is 8.79. The fourth-order valence-corrected chi connectivity index (χ4v) is 6.39. The molecule has 0 amide bonds. The molecule has 0 radical (unpaired) electrons. The second-order valence-corrected chi connectivity index (χ2v) is 11.2. The number of hydrogen-bond acceptors (Lipinski definition) is 8. The Labute approximate surface area is 264 Å². The summed E-state index contributed by atoms with van der Waals surface area (Å²) in [7, 11) is 1.31. The van der Waals surface area contributed by atoms with Crippen LogP contribution in [0, 0.1) is 0 Å². The zero-order chi connectivity index (χ0) is 31.3. The van der Waals surface area contributed by atoms with Crippen molar-refractivity contribution in [1.82, 2.24) is 4.57 Å². The molecule has 1 aliphatic rings. The molecule has 5 aromatic rings. The first-order valence-electron chi connectivity index (χ1n) is 14.7. The number of hydrogen-bond donors (Lipinski definition) is 0. The van der Waals surface area contributed by atoms with Crippen molar-refractivity contribution in [3.8, 4) is 17.2 Å². The molecule has 45 heavy (non-hydrogen) atoms. The van der Waals surface area contributed by atoms with Gasteiger partial charge in [-0.15, -0.1) is 0 Å². The van der Waals surface area contributed by atoms with Gasteiger partial charge in [-0.25, -0.2) is 9.79 Å². The van der Waals surface area contributed by atoms with Crippen molar-refractivity contribution in [1.29, 1.82) is 0 Å². The number of carbonyl (C=O) groups is 1. The van der Waals surface area contributed by atoms with E-state index in [1.807, 2.05) is 68.5 Å². The highest BCUT2D eigenvalue weighted by atomic mass is 32.1. The molecule has 4 aromatic carbocycles. The maximum Gasteiger partial charge on any atom is 0.337 e. The molecule has 0 saturated carbocycles. The molecule has 1 aliphatic heterocycles. The van der Waals surface area contributed by atoms with Crippen LogP contribution in [0.2, 0.25) is 0 Å². The fraction of sp³-hybridized carbons (Fsp3) is 0.194. The van der Waals surface area contributed by atoms with Crippen LogP contribution in [-0.2, 0) is 16.1 Å². The first kappa shape index (κ1) is 29.9. The van der Waals surface area contributed by atoms with E-state index in [0.717, 1.165) is 21.9 Å². The van der Waals surface area contributed by atoms with Crippen molar-refractivity contribution < 1.29 is 23.7 Å². The monoisotopic (exact) mass is 620 g/mol. The van der Waals surface area contributed by atoms with Gasteiger partial charge in [-0.05, 0) is 60.0 Å². The SMILES string of the molecule is CCOc1ccc([C@@H]2C(C(=O)OC)=CN=c3s/c(=C/c4ccccc4OCc4cccc5ccccc45)c(=O)n32)cc1OCC. The zero-order valence-electron chi connectivity index (χ0n) is 25.2. The normalized spacial score (nSPS) is 14.3. The molecule has 0 N–H and O–H groups in total. The Hall–Kier alpha value is -5.15. The van der Waals surface area contributed by atoms with Crippen LogP contribution < -0.4 is 29.1 Å². The lowest BCUT2D eigenvalue weighted by Crippen LogP contribution is -2.39. The van der Waals surface area contributed by atoms with Gasteiger partial charge in [0, 0.05) is 11.8 Å². The first-order valence-corrected chi connectivity index (χ1v) is 15.5. The van der Waals surface area contributed by atoms with Gasteiger partial charge < -0.3 is 18.9 Å². The molecule has 1 aromatic heterocycles. The molecular weight excluding hydrogens is 588 g/mol. The molecule has 9 heteroatoms. The number of rotatable bonds is 10. The molecule has 0 saturated heterocycles. The van der Waals surface area contributed by atoms with Crippen LogP contribution in [0.1, 0.15) is 36.6 Å². The minimum absolute atomic E-state index is 0.238. The molecular formula is C36H32N2O6S. The van der Waals surface area contributed by atoms with Crippen LogP contribution in [0.5, 0.6) is 17.2 Å². The third-order valence-corrected chi connectivity index (χ3v) is 8.47. The predicted molar refractivity (Wildman–Crippen MR) is 175 cm³/mol. The van der Waals surface area contributed by atoms with Gasteiger partial charge in [0.05, 0.1) is 36.5 Å². The van der Waals surface area contributed by atoms with E-state index >= 15 is 0 Å². The summed E-state index contributed by atoms with van der Waals surface area (Å²) in [5.41, 5.74) is 2.45. The summed E-state index contributed by atoms with van der Waals surface area (Å²) in [6, 6.07) is 26.6. The molecule has 0 unspecified atom stereocenters. The van der Waals surface area contributed by atoms with Crippen LogP contribution >= 0.6 is 11.3 Å². The summed E-state index contributed by atoms with van der Waals surface area (Å²) in [5, 5.41) is 2.28. The minimum Gasteiger partial charge on any atom is -0.490 e. The van der Waals surface area contributed by atoms with Crippen LogP contribution in [0.15, 0.2) is 106 Å². The summed E-state index contributed by atoms with van der Waals surface area (Å²) in [5.74, 6) is 1.18. The van der Waals surface area contributed by atoms with Gasteiger partial charge in [-0.2, -0.15) is 0 Å². The number of aromatic nitrogens is 1. The molecule has 228 valence electrons. The first-order chi connectivity index (χ1) is 22.0. The maximum atomic E-state index is 14.1. The maximum absolute atomic E-state index is 14.1. The van der Waals surface area contributed by atoms with Gasteiger partial charge in [-0.1, -0.05) is 78.1 Å². The van der Waals surface area contributed by atoms with Gasteiger partial charge in [0.15, 0.2) is 16.3 Å². The van der Waals surface area contributed by atoms with Crippen LogP contribution in [-0.4, -0.2) is 30.9 Å². The lowest BCUT2D eigenvalue weighted by atomic mass is 9.97. The van der Waals surface area contributed by atoms with Crippen molar-refractivity contribution in [2.24, 2.45) is 4.99 Å². The Morgan fingerprint density at radius 1 is 0.889 bits per heavy atom. The molecule has 0 spiro atoms.